The van der Waals surface area contributed by atoms with Crippen LogP contribution in [0.25, 0.3) is 0 Å². The highest BCUT2D eigenvalue weighted by molar-refractivity contribution is 5.88. The third kappa shape index (κ3) is 4.00. The molecule has 1 N–H and O–H groups in total. The summed E-state index contributed by atoms with van der Waals surface area (Å²) in [5, 5.41) is 9.19. The molecule has 122 valence electrons. The van der Waals surface area contributed by atoms with Crippen LogP contribution in [0.4, 0.5) is 0 Å². The van der Waals surface area contributed by atoms with Crippen LogP contribution in [0.1, 0.15) is 46.1 Å². The van der Waals surface area contributed by atoms with Gasteiger partial charge in [-0.3, -0.25) is 4.79 Å². The van der Waals surface area contributed by atoms with Crippen molar-refractivity contribution in [3.63, 3.8) is 0 Å². The number of carboxylic acids is 1. The molecule has 0 fully saturated rings. The third-order valence-corrected chi connectivity index (χ3v) is 3.88. The summed E-state index contributed by atoms with van der Waals surface area (Å²) in [5.74, 6) is -0.462. The topological polar surface area (TPSA) is 66.8 Å². The Labute approximate surface area is 131 Å². The van der Waals surface area contributed by atoms with Crippen molar-refractivity contribution in [1.82, 2.24) is 4.90 Å². The average Bonchev–Trinajstić information content (AvgIpc) is 2.45. The van der Waals surface area contributed by atoms with Crippen LogP contribution in [0.5, 0.6) is 5.75 Å². The summed E-state index contributed by atoms with van der Waals surface area (Å²) in [6.45, 7) is 8.76. The molecule has 0 spiro atoms. The molecule has 5 heteroatoms. The van der Waals surface area contributed by atoms with Gasteiger partial charge >= 0.3 is 5.97 Å². The van der Waals surface area contributed by atoms with E-state index in [1.54, 1.807) is 13.0 Å². The molecule has 1 unspecified atom stereocenters. The first-order chi connectivity index (χ1) is 10.1. The van der Waals surface area contributed by atoms with E-state index in [2.05, 4.69) is 13.8 Å². The Balaban J connectivity index is 2.84. The van der Waals surface area contributed by atoms with E-state index < -0.39 is 17.6 Å². The molecule has 0 aliphatic heterocycles. The molecular weight excluding hydrogens is 282 g/mol. The number of benzene rings is 1. The van der Waals surface area contributed by atoms with Gasteiger partial charge in [-0.25, -0.2) is 4.79 Å². The number of nitrogens with zero attached hydrogens (tertiary/aromatic N) is 1. The van der Waals surface area contributed by atoms with Crippen molar-refractivity contribution in [3.05, 3.63) is 29.8 Å². The first-order valence-electron chi connectivity index (χ1n) is 7.35. The van der Waals surface area contributed by atoms with Gasteiger partial charge in [-0.05, 0) is 44.4 Å². The smallest absolute Gasteiger partial charge is 0.329 e. The van der Waals surface area contributed by atoms with Gasteiger partial charge in [0, 0.05) is 7.05 Å². The average molecular weight is 307 g/mol. The van der Waals surface area contributed by atoms with Crippen LogP contribution in [-0.2, 0) is 9.59 Å². The maximum atomic E-state index is 12.4. The van der Waals surface area contributed by atoms with E-state index in [9.17, 15) is 14.7 Å². The van der Waals surface area contributed by atoms with Crippen LogP contribution in [0.2, 0.25) is 0 Å². The van der Waals surface area contributed by atoms with Crippen molar-refractivity contribution in [1.29, 1.82) is 0 Å². The van der Waals surface area contributed by atoms with Gasteiger partial charge in [-0.2, -0.15) is 0 Å². The van der Waals surface area contributed by atoms with Gasteiger partial charge in [0.05, 0.1) is 0 Å². The van der Waals surface area contributed by atoms with Gasteiger partial charge in [0.25, 0.3) is 5.91 Å². The number of carboxylic acid groups (broad SMARTS) is 1. The van der Waals surface area contributed by atoms with Crippen molar-refractivity contribution in [2.75, 3.05) is 7.05 Å². The summed E-state index contributed by atoms with van der Waals surface area (Å²) >= 11 is 0. The first kappa shape index (κ1) is 18.0. The second kappa shape index (κ2) is 6.81. The van der Waals surface area contributed by atoms with Gasteiger partial charge in [-0.1, -0.05) is 26.0 Å². The zero-order chi connectivity index (χ0) is 17.1. The van der Waals surface area contributed by atoms with Gasteiger partial charge in [0.2, 0.25) is 0 Å². The van der Waals surface area contributed by atoms with Crippen LogP contribution in [0.3, 0.4) is 0 Å². The summed E-state index contributed by atoms with van der Waals surface area (Å²) in [5.41, 5.74) is -0.162. The number of hydrogen-bond acceptors (Lipinski definition) is 3. The normalized spacial score (nSPS) is 12.9. The van der Waals surface area contributed by atoms with Crippen molar-refractivity contribution >= 4 is 11.9 Å². The standard InChI is InChI=1S/C17H25NO4/c1-11(2)13-8-7-9-14(10-13)22-12(3)15(19)18(6)17(4,5)16(20)21/h7-12H,1-6H3,(H,20,21). The van der Waals surface area contributed by atoms with Gasteiger partial charge in [-0.15, -0.1) is 0 Å². The van der Waals surface area contributed by atoms with E-state index in [0.29, 0.717) is 11.7 Å². The largest absolute Gasteiger partial charge is 0.481 e. The quantitative estimate of drug-likeness (QED) is 0.877. The second-order valence-corrected chi connectivity index (χ2v) is 6.25. The zero-order valence-electron chi connectivity index (χ0n) is 14.1. The molecule has 0 heterocycles. The number of carbonyl (C=O) groups is 2. The molecule has 0 aliphatic rings. The van der Waals surface area contributed by atoms with Crippen molar-refractivity contribution in [2.45, 2.75) is 52.2 Å². The van der Waals surface area contributed by atoms with Crippen LogP contribution in [0.15, 0.2) is 24.3 Å². The molecule has 1 aromatic carbocycles. The van der Waals surface area contributed by atoms with Crippen molar-refractivity contribution < 1.29 is 19.4 Å². The molecule has 1 atom stereocenters. The fraction of sp³-hybridized carbons (Fsp3) is 0.529. The fourth-order valence-electron chi connectivity index (χ4n) is 1.89. The Morgan fingerprint density at radius 3 is 2.32 bits per heavy atom. The minimum absolute atomic E-state index is 0.364. The molecule has 0 saturated heterocycles. The van der Waals surface area contributed by atoms with E-state index in [-0.39, 0.29) is 5.91 Å². The molecule has 1 aromatic rings. The molecule has 0 radical (unpaired) electrons. The number of rotatable bonds is 6. The molecule has 22 heavy (non-hydrogen) atoms. The summed E-state index contributed by atoms with van der Waals surface area (Å²) in [7, 11) is 1.47. The van der Waals surface area contributed by atoms with Crippen LogP contribution >= 0.6 is 0 Å². The molecule has 1 amide bonds. The molecular formula is C17H25NO4. The van der Waals surface area contributed by atoms with Gasteiger partial charge < -0.3 is 14.7 Å². The summed E-state index contributed by atoms with van der Waals surface area (Å²) in [6, 6.07) is 7.57. The van der Waals surface area contributed by atoms with Crippen molar-refractivity contribution in [2.24, 2.45) is 0 Å². The lowest BCUT2D eigenvalue weighted by Crippen LogP contribution is -2.54. The van der Waals surface area contributed by atoms with Crippen molar-refractivity contribution in [3.8, 4) is 5.75 Å². The lowest BCUT2D eigenvalue weighted by molar-refractivity contribution is -0.157. The lowest BCUT2D eigenvalue weighted by atomic mass is 10.0. The summed E-state index contributed by atoms with van der Waals surface area (Å²) in [4.78, 5) is 24.8. The predicted molar refractivity (Wildman–Crippen MR) is 85.1 cm³/mol. The predicted octanol–water partition coefficient (Wildman–Crippen LogP) is 2.90. The highest BCUT2D eigenvalue weighted by Crippen LogP contribution is 2.22. The first-order valence-corrected chi connectivity index (χ1v) is 7.35. The highest BCUT2D eigenvalue weighted by atomic mass is 16.5. The van der Waals surface area contributed by atoms with Crippen LogP contribution < -0.4 is 4.74 Å². The number of carbonyl (C=O) groups excluding carboxylic acids is 1. The molecule has 0 saturated carbocycles. The van der Waals surface area contributed by atoms with E-state index in [1.807, 2.05) is 18.2 Å². The SMILES string of the molecule is CC(Oc1cccc(C(C)C)c1)C(=O)N(C)C(C)(C)C(=O)O. The molecule has 0 aromatic heterocycles. The van der Waals surface area contributed by atoms with Crippen LogP contribution in [0, 0.1) is 0 Å². The summed E-state index contributed by atoms with van der Waals surface area (Å²) < 4.78 is 5.68. The maximum absolute atomic E-state index is 12.4. The fourth-order valence-corrected chi connectivity index (χ4v) is 1.89. The Kier molecular flexibility index (Phi) is 5.58. The van der Waals surface area contributed by atoms with E-state index in [1.165, 1.54) is 25.8 Å². The lowest BCUT2D eigenvalue weighted by Gasteiger charge is -2.33. The number of amides is 1. The number of hydrogen-bond donors (Lipinski definition) is 1. The zero-order valence-corrected chi connectivity index (χ0v) is 14.1. The molecule has 5 nitrogen and oxygen atoms in total. The molecule has 0 bridgehead atoms. The third-order valence-electron chi connectivity index (χ3n) is 3.88. The maximum Gasteiger partial charge on any atom is 0.329 e. The van der Waals surface area contributed by atoms with Gasteiger partial charge in [0.1, 0.15) is 11.3 Å². The van der Waals surface area contributed by atoms with Crippen LogP contribution in [-0.4, -0.2) is 40.6 Å². The minimum Gasteiger partial charge on any atom is -0.481 e. The second-order valence-electron chi connectivity index (χ2n) is 6.25. The number of likely N-dealkylation sites (N-methyl/N-ethyl adjacent to an activating group) is 1. The Morgan fingerprint density at radius 2 is 1.82 bits per heavy atom. The molecule has 0 aliphatic carbocycles. The monoisotopic (exact) mass is 307 g/mol. The van der Waals surface area contributed by atoms with Gasteiger partial charge in [0.15, 0.2) is 6.10 Å². The Morgan fingerprint density at radius 1 is 1.23 bits per heavy atom. The minimum atomic E-state index is -1.28. The Bertz CT molecular complexity index is 551. The van der Waals surface area contributed by atoms with E-state index in [4.69, 9.17) is 4.74 Å². The number of aliphatic carboxylic acids is 1. The summed E-state index contributed by atoms with van der Waals surface area (Å²) in [6.07, 6.45) is -0.758. The Hall–Kier alpha value is -2.04. The molecule has 1 rings (SSSR count). The van der Waals surface area contributed by atoms with E-state index >= 15 is 0 Å². The number of ether oxygens (including phenoxy) is 1. The highest BCUT2D eigenvalue weighted by Gasteiger charge is 2.37. The van der Waals surface area contributed by atoms with E-state index in [0.717, 1.165) is 5.56 Å².